The molecule has 1 fully saturated rings. The first-order valence-electron chi connectivity index (χ1n) is 6.41. The normalized spacial score (nSPS) is 23.4. The van der Waals surface area contributed by atoms with E-state index in [9.17, 15) is 0 Å². The van der Waals surface area contributed by atoms with E-state index in [0.29, 0.717) is 17.5 Å². The van der Waals surface area contributed by atoms with Gasteiger partial charge in [-0.25, -0.2) is 0 Å². The summed E-state index contributed by atoms with van der Waals surface area (Å²) in [5, 5.41) is 12.4. The number of halogens is 1. The molecule has 2 unspecified atom stereocenters. The van der Waals surface area contributed by atoms with Crippen molar-refractivity contribution < 1.29 is 0 Å². The Morgan fingerprint density at radius 3 is 2.83 bits per heavy atom. The molecule has 1 aromatic carbocycles. The third-order valence-electron chi connectivity index (χ3n) is 3.65. The third-order valence-corrected chi connectivity index (χ3v) is 4.31. The molecule has 0 radical (unpaired) electrons. The van der Waals surface area contributed by atoms with Gasteiger partial charge in [0.05, 0.1) is 5.56 Å². The van der Waals surface area contributed by atoms with E-state index in [1.807, 2.05) is 18.2 Å². The lowest BCUT2D eigenvalue weighted by Crippen LogP contribution is -2.36. The van der Waals surface area contributed by atoms with Crippen LogP contribution in [0.15, 0.2) is 22.7 Å². The topological polar surface area (TPSA) is 61.8 Å². The molecule has 1 aliphatic carbocycles. The van der Waals surface area contributed by atoms with Crippen molar-refractivity contribution in [3.8, 4) is 6.07 Å². The largest absolute Gasteiger partial charge is 0.382 e. The number of hydrogen-bond donors (Lipinski definition) is 2. The summed E-state index contributed by atoms with van der Waals surface area (Å²) < 4.78 is 0.843. The number of nitrogens with zero attached hydrogens (tertiary/aromatic N) is 1. The Hall–Kier alpha value is -1.05. The predicted molar refractivity (Wildman–Crippen MR) is 77.3 cm³/mol. The summed E-state index contributed by atoms with van der Waals surface area (Å²) >= 11 is 3.42. The Balaban J connectivity index is 2.08. The highest BCUT2D eigenvalue weighted by atomic mass is 79.9. The second kappa shape index (κ2) is 6.21. The van der Waals surface area contributed by atoms with E-state index < -0.39 is 0 Å². The van der Waals surface area contributed by atoms with Crippen molar-refractivity contribution >= 4 is 21.6 Å². The van der Waals surface area contributed by atoms with Gasteiger partial charge in [0, 0.05) is 16.2 Å². The molecule has 96 valence electrons. The Bertz CT molecular complexity index is 453. The maximum Gasteiger partial charge on any atom is 0.100 e. The van der Waals surface area contributed by atoms with Crippen LogP contribution >= 0.6 is 15.9 Å². The quantitative estimate of drug-likeness (QED) is 0.901. The average molecular weight is 308 g/mol. The number of anilines is 1. The molecular formula is C14H18BrN3. The first-order valence-corrected chi connectivity index (χ1v) is 7.20. The fraction of sp³-hybridized carbons (Fsp3) is 0.500. The molecule has 0 bridgehead atoms. The van der Waals surface area contributed by atoms with Gasteiger partial charge in [-0.1, -0.05) is 12.8 Å². The molecule has 0 aromatic heterocycles. The zero-order chi connectivity index (χ0) is 13.0. The average Bonchev–Trinajstić information content (AvgIpc) is 2.39. The zero-order valence-electron chi connectivity index (χ0n) is 10.3. The molecule has 2 rings (SSSR count). The molecular weight excluding hydrogens is 290 g/mol. The van der Waals surface area contributed by atoms with Crippen LogP contribution in [0.1, 0.15) is 31.2 Å². The number of hydrogen-bond acceptors (Lipinski definition) is 3. The molecule has 18 heavy (non-hydrogen) atoms. The second-order valence-electron chi connectivity index (χ2n) is 4.84. The molecule has 2 atom stereocenters. The Morgan fingerprint density at radius 2 is 2.17 bits per heavy atom. The number of rotatable bonds is 3. The highest BCUT2D eigenvalue weighted by Gasteiger charge is 2.23. The minimum absolute atomic E-state index is 0.462. The van der Waals surface area contributed by atoms with Gasteiger partial charge in [-0.3, -0.25) is 0 Å². The van der Waals surface area contributed by atoms with Crippen molar-refractivity contribution in [2.45, 2.75) is 31.7 Å². The lowest BCUT2D eigenvalue weighted by molar-refractivity contribution is 0.332. The van der Waals surface area contributed by atoms with Crippen molar-refractivity contribution in [1.29, 1.82) is 5.26 Å². The number of nitriles is 1. The predicted octanol–water partition coefficient (Wildman–Crippen LogP) is 3.25. The minimum Gasteiger partial charge on any atom is -0.382 e. The van der Waals surface area contributed by atoms with Gasteiger partial charge in [-0.15, -0.1) is 0 Å². The van der Waals surface area contributed by atoms with Crippen LogP contribution in [-0.2, 0) is 0 Å². The van der Waals surface area contributed by atoms with Gasteiger partial charge in [-0.05, 0) is 59.4 Å². The van der Waals surface area contributed by atoms with Crippen LogP contribution in [0.2, 0.25) is 0 Å². The third kappa shape index (κ3) is 3.04. The standard InChI is InChI=1S/C14H18BrN3/c15-13-7-12(6-5-10(13)8-16)18-14-4-2-1-3-11(14)9-17/h5-7,11,14,18H,1-4,9,17H2. The fourth-order valence-corrected chi connectivity index (χ4v) is 3.06. The van der Waals surface area contributed by atoms with E-state index in [0.717, 1.165) is 16.7 Å². The second-order valence-corrected chi connectivity index (χ2v) is 5.69. The first kappa shape index (κ1) is 13.4. The van der Waals surface area contributed by atoms with Crippen LogP contribution in [0.5, 0.6) is 0 Å². The summed E-state index contributed by atoms with van der Waals surface area (Å²) in [4.78, 5) is 0. The van der Waals surface area contributed by atoms with E-state index >= 15 is 0 Å². The molecule has 0 heterocycles. The van der Waals surface area contributed by atoms with Crippen LogP contribution in [0, 0.1) is 17.2 Å². The molecule has 1 aromatic rings. The molecule has 1 saturated carbocycles. The van der Waals surface area contributed by atoms with Gasteiger partial charge >= 0.3 is 0 Å². The van der Waals surface area contributed by atoms with E-state index in [2.05, 4.69) is 27.3 Å². The summed E-state index contributed by atoms with van der Waals surface area (Å²) in [5.74, 6) is 0.563. The van der Waals surface area contributed by atoms with Crippen LogP contribution in [0.3, 0.4) is 0 Å². The van der Waals surface area contributed by atoms with Gasteiger partial charge in [0.25, 0.3) is 0 Å². The highest BCUT2D eigenvalue weighted by molar-refractivity contribution is 9.10. The minimum atomic E-state index is 0.462. The van der Waals surface area contributed by atoms with Crippen LogP contribution in [0.4, 0.5) is 5.69 Å². The van der Waals surface area contributed by atoms with Crippen molar-refractivity contribution in [1.82, 2.24) is 0 Å². The molecule has 3 N–H and O–H groups in total. The highest BCUT2D eigenvalue weighted by Crippen LogP contribution is 2.28. The Morgan fingerprint density at radius 1 is 1.39 bits per heavy atom. The SMILES string of the molecule is N#Cc1ccc(NC2CCCCC2CN)cc1Br. The number of benzene rings is 1. The van der Waals surface area contributed by atoms with E-state index in [1.165, 1.54) is 25.7 Å². The Kier molecular flexibility index (Phi) is 4.62. The smallest absolute Gasteiger partial charge is 0.100 e. The van der Waals surface area contributed by atoms with Gasteiger partial charge < -0.3 is 11.1 Å². The molecule has 0 amide bonds. The maximum atomic E-state index is 8.89. The fourth-order valence-electron chi connectivity index (χ4n) is 2.59. The summed E-state index contributed by atoms with van der Waals surface area (Å²) in [6, 6.07) is 8.39. The van der Waals surface area contributed by atoms with Crippen molar-refractivity contribution in [3.05, 3.63) is 28.2 Å². The van der Waals surface area contributed by atoms with Gasteiger partial charge in [0.1, 0.15) is 6.07 Å². The van der Waals surface area contributed by atoms with E-state index in [4.69, 9.17) is 11.0 Å². The lowest BCUT2D eigenvalue weighted by Gasteiger charge is -2.32. The van der Waals surface area contributed by atoms with Gasteiger partial charge in [0.15, 0.2) is 0 Å². The van der Waals surface area contributed by atoms with Gasteiger partial charge in [0.2, 0.25) is 0 Å². The Labute approximate surface area is 116 Å². The van der Waals surface area contributed by atoms with E-state index in [1.54, 1.807) is 0 Å². The van der Waals surface area contributed by atoms with Crippen molar-refractivity contribution in [2.75, 3.05) is 11.9 Å². The van der Waals surface area contributed by atoms with Crippen LogP contribution in [0.25, 0.3) is 0 Å². The molecule has 1 aliphatic rings. The van der Waals surface area contributed by atoms with Crippen molar-refractivity contribution in [3.63, 3.8) is 0 Å². The molecule has 4 heteroatoms. The zero-order valence-corrected chi connectivity index (χ0v) is 11.9. The number of nitrogens with one attached hydrogen (secondary N) is 1. The van der Waals surface area contributed by atoms with Crippen molar-refractivity contribution in [2.24, 2.45) is 11.7 Å². The molecule has 0 spiro atoms. The van der Waals surface area contributed by atoms with Crippen LogP contribution in [-0.4, -0.2) is 12.6 Å². The lowest BCUT2D eigenvalue weighted by atomic mass is 9.84. The first-order chi connectivity index (χ1) is 8.74. The monoisotopic (exact) mass is 307 g/mol. The summed E-state index contributed by atoms with van der Waals surface area (Å²) in [5.41, 5.74) is 7.56. The van der Waals surface area contributed by atoms with Crippen LogP contribution < -0.4 is 11.1 Å². The maximum absolute atomic E-state index is 8.89. The molecule has 0 saturated heterocycles. The number of nitrogens with two attached hydrogens (primary N) is 1. The summed E-state index contributed by atoms with van der Waals surface area (Å²) in [6.45, 7) is 0.745. The molecule has 0 aliphatic heterocycles. The summed E-state index contributed by atoms with van der Waals surface area (Å²) in [7, 11) is 0. The summed E-state index contributed by atoms with van der Waals surface area (Å²) in [6.07, 6.45) is 4.95. The van der Waals surface area contributed by atoms with E-state index in [-0.39, 0.29) is 0 Å². The molecule has 3 nitrogen and oxygen atoms in total. The van der Waals surface area contributed by atoms with Gasteiger partial charge in [-0.2, -0.15) is 5.26 Å².